The van der Waals surface area contributed by atoms with Crippen molar-refractivity contribution in [2.45, 2.75) is 79.3 Å². The van der Waals surface area contributed by atoms with Crippen molar-refractivity contribution in [2.24, 2.45) is 0 Å². The topological polar surface area (TPSA) is 172 Å². The van der Waals surface area contributed by atoms with E-state index >= 15 is 0 Å². The maximum absolute atomic E-state index is 13.3. The number of imidazole rings is 1. The molecular weight excluding hydrogens is 649 g/mol. The van der Waals surface area contributed by atoms with Crippen LogP contribution in [-0.2, 0) is 39.2 Å². The Labute approximate surface area is 280 Å². The zero-order chi connectivity index (χ0) is 35.5. The summed E-state index contributed by atoms with van der Waals surface area (Å²) in [5.41, 5.74) is -0.746. The molecule has 0 saturated heterocycles. The van der Waals surface area contributed by atoms with Gasteiger partial charge in [-0.25, -0.2) is 14.6 Å². The molecule has 0 aliphatic heterocycles. The van der Waals surface area contributed by atoms with Crippen molar-refractivity contribution in [3.8, 4) is 5.88 Å². The van der Waals surface area contributed by atoms with E-state index in [1.807, 2.05) is 30.3 Å². The van der Waals surface area contributed by atoms with Gasteiger partial charge in [0.2, 0.25) is 17.5 Å². The minimum Gasteiger partial charge on any atom is -0.479 e. The molecule has 2 heterocycles. The lowest BCUT2D eigenvalue weighted by Gasteiger charge is -2.27. The third-order valence-corrected chi connectivity index (χ3v) is 7.57. The lowest BCUT2D eigenvalue weighted by Crippen LogP contribution is -2.44. The van der Waals surface area contributed by atoms with Crippen molar-refractivity contribution in [1.82, 2.24) is 19.7 Å². The van der Waals surface area contributed by atoms with E-state index in [4.69, 9.17) is 37.6 Å². The zero-order valence-electron chi connectivity index (χ0n) is 29.0. The van der Waals surface area contributed by atoms with Crippen molar-refractivity contribution in [3.05, 3.63) is 42.2 Å². The summed E-state index contributed by atoms with van der Waals surface area (Å²) in [6.07, 6.45) is -1.93. The summed E-state index contributed by atoms with van der Waals surface area (Å²) >= 11 is 0. The molecule has 3 aromatic rings. The number of nitrogens with zero attached hydrogens (tertiary/aromatic N) is 5. The Morgan fingerprint density at radius 3 is 2.06 bits per heavy atom. The number of hydrogen-bond donors (Lipinski definition) is 0. The van der Waals surface area contributed by atoms with Gasteiger partial charge in [-0.1, -0.05) is 30.3 Å². The zero-order valence-corrected chi connectivity index (χ0v) is 29.9. The number of fused-ring (bicyclic) bond motifs is 1. The summed E-state index contributed by atoms with van der Waals surface area (Å²) in [4.78, 5) is 46.1. The third kappa shape index (κ3) is 11.7. The van der Waals surface area contributed by atoms with Gasteiger partial charge in [0.1, 0.15) is 36.6 Å². The van der Waals surface area contributed by atoms with Crippen LogP contribution in [0.25, 0.3) is 11.2 Å². The van der Waals surface area contributed by atoms with Gasteiger partial charge in [-0.3, -0.25) is 4.57 Å². The number of anilines is 1. The predicted octanol–water partition coefficient (Wildman–Crippen LogP) is 5.77. The Morgan fingerprint density at radius 1 is 0.917 bits per heavy atom. The van der Waals surface area contributed by atoms with E-state index in [0.29, 0.717) is 11.5 Å². The second-order valence-corrected chi connectivity index (χ2v) is 14.2. The van der Waals surface area contributed by atoms with Crippen molar-refractivity contribution in [2.75, 3.05) is 44.8 Å². The largest absolute Gasteiger partial charge is 0.479 e. The van der Waals surface area contributed by atoms with E-state index in [-0.39, 0.29) is 49.8 Å². The van der Waals surface area contributed by atoms with Gasteiger partial charge in [0.15, 0.2) is 5.52 Å². The van der Waals surface area contributed by atoms with Gasteiger partial charge < -0.3 is 37.6 Å². The first kappa shape index (κ1) is 38.6. The molecule has 0 spiro atoms. The van der Waals surface area contributed by atoms with Crippen LogP contribution >= 0.6 is 7.60 Å². The van der Waals surface area contributed by atoms with Crippen LogP contribution in [0.3, 0.4) is 0 Å². The molecule has 1 atom stereocenters. The van der Waals surface area contributed by atoms with Crippen molar-refractivity contribution in [1.29, 1.82) is 0 Å². The second kappa shape index (κ2) is 17.0. The summed E-state index contributed by atoms with van der Waals surface area (Å²) in [6.45, 7) is 13.8. The smallest absolute Gasteiger partial charge is 0.427 e. The van der Waals surface area contributed by atoms with Gasteiger partial charge in [-0.2, -0.15) is 14.7 Å². The number of methoxy groups -OCH3 is 1. The first-order valence-corrected chi connectivity index (χ1v) is 17.1. The predicted molar refractivity (Wildman–Crippen MR) is 175 cm³/mol. The first-order chi connectivity index (χ1) is 22.6. The highest BCUT2D eigenvalue weighted by Crippen LogP contribution is 2.48. The monoisotopic (exact) mass is 695 g/mol. The highest BCUT2D eigenvalue weighted by atomic mass is 31.2. The highest BCUT2D eigenvalue weighted by molar-refractivity contribution is 7.53. The Bertz CT molecular complexity index is 1500. The van der Waals surface area contributed by atoms with Crippen molar-refractivity contribution in [3.63, 3.8) is 0 Å². The molecule has 0 aliphatic carbocycles. The lowest BCUT2D eigenvalue weighted by atomic mass is 10.2. The van der Waals surface area contributed by atoms with Gasteiger partial charge in [-0.15, -0.1) is 4.90 Å². The van der Waals surface area contributed by atoms with Crippen LogP contribution in [0.4, 0.5) is 15.5 Å². The number of aromatic nitrogens is 4. The molecule has 16 nitrogen and oxygen atoms in total. The fourth-order valence-electron chi connectivity index (χ4n) is 3.93. The number of benzene rings is 1. The molecule has 0 radical (unpaired) electrons. The summed E-state index contributed by atoms with van der Waals surface area (Å²) in [7, 11) is -2.20. The van der Waals surface area contributed by atoms with E-state index in [1.165, 1.54) is 18.2 Å². The minimum absolute atomic E-state index is 0.0484. The van der Waals surface area contributed by atoms with Gasteiger partial charge in [0.25, 0.3) is 0 Å². The molecule has 1 aromatic carbocycles. The number of imide groups is 1. The van der Waals surface area contributed by atoms with E-state index in [0.717, 1.165) is 5.56 Å². The van der Waals surface area contributed by atoms with Crippen LogP contribution < -0.4 is 14.5 Å². The Kier molecular flexibility index (Phi) is 13.7. The van der Waals surface area contributed by atoms with E-state index in [2.05, 4.69) is 15.0 Å². The van der Waals surface area contributed by atoms with Crippen LogP contribution in [0, 0.1) is 0 Å². The summed E-state index contributed by atoms with van der Waals surface area (Å²) in [5, 5.41) is 0. The summed E-state index contributed by atoms with van der Waals surface area (Å²) in [5.74, 6) is -0.454. The van der Waals surface area contributed by atoms with Crippen molar-refractivity contribution >= 4 is 36.9 Å². The highest BCUT2D eigenvalue weighted by Gasteiger charge is 2.36. The summed E-state index contributed by atoms with van der Waals surface area (Å²) in [6, 6.07) is 9.55. The Morgan fingerprint density at radius 2 is 1.52 bits per heavy atom. The van der Waals surface area contributed by atoms with Gasteiger partial charge in [-0.05, 0) is 61.0 Å². The number of hydrogen-bond acceptors (Lipinski definition) is 14. The van der Waals surface area contributed by atoms with Crippen molar-refractivity contribution < 1.29 is 51.7 Å². The number of rotatable bonds is 16. The number of carbonyl (C=O) groups is 2. The molecule has 0 N–H and O–H groups in total. The Balaban J connectivity index is 1.93. The van der Waals surface area contributed by atoms with Crippen LogP contribution in [0.2, 0.25) is 0 Å². The van der Waals surface area contributed by atoms with Gasteiger partial charge >= 0.3 is 19.8 Å². The molecule has 0 bridgehead atoms. The molecule has 48 heavy (non-hydrogen) atoms. The average molecular weight is 696 g/mol. The van der Waals surface area contributed by atoms with E-state index in [9.17, 15) is 14.2 Å². The standard InChI is InChI=1S/C31H46N5O11P/c1-10-44-48(39,45-11-2)21-42-23(18-41-17-22-15-13-12-14-16-22)19-43-35-20-32-24-25(35)33-27(34-26(24)40-9)36(28(37)46-30(3,4)5)29(38)47-31(6,7)8/h12-16,20,23H,10-11,17-19,21H2,1-9H3/t23-/m0/s1. The lowest BCUT2D eigenvalue weighted by molar-refractivity contribution is -0.0561. The molecule has 17 heteroatoms. The van der Waals surface area contributed by atoms with Gasteiger partial charge in [0, 0.05) is 0 Å². The maximum atomic E-state index is 13.3. The maximum Gasteiger partial charge on any atom is 0.427 e. The molecule has 0 saturated carbocycles. The molecule has 3 rings (SSSR count). The van der Waals surface area contributed by atoms with Crippen LogP contribution in [0.15, 0.2) is 36.7 Å². The normalized spacial score (nSPS) is 12.9. The first-order valence-electron chi connectivity index (χ1n) is 15.4. The van der Waals surface area contributed by atoms with Crippen LogP contribution in [0.5, 0.6) is 5.88 Å². The van der Waals surface area contributed by atoms with Gasteiger partial charge in [0.05, 0.1) is 33.5 Å². The number of amides is 2. The molecule has 0 aliphatic rings. The number of carbonyl (C=O) groups excluding carboxylic acids is 2. The molecule has 0 unspecified atom stereocenters. The molecular formula is C31H46N5O11P. The summed E-state index contributed by atoms with van der Waals surface area (Å²) < 4.78 is 53.2. The quantitative estimate of drug-likeness (QED) is 0.165. The molecule has 0 fully saturated rings. The SMILES string of the molecule is CCOP(=O)(CO[C@@H](COCc1ccccc1)COn1cnc2c(OC)nc(N(C(=O)OC(C)(C)C)C(=O)OC(C)(C)C)nc21)OCC. The van der Waals surface area contributed by atoms with Crippen LogP contribution in [0.1, 0.15) is 61.0 Å². The molecule has 266 valence electrons. The average Bonchev–Trinajstić information content (AvgIpc) is 3.40. The second-order valence-electron chi connectivity index (χ2n) is 12.2. The van der Waals surface area contributed by atoms with Crippen LogP contribution in [-0.4, -0.2) is 89.1 Å². The fraction of sp³-hybridized carbons (Fsp3) is 0.581. The van der Waals surface area contributed by atoms with E-state index in [1.54, 1.807) is 55.4 Å². The molecule has 2 amide bonds. The third-order valence-electron chi connectivity index (χ3n) is 5.80. The molecule has 2 aromatic heterocycles. The Hall–Kier alpha value is -3.82. The number of ether oxygens (including phenoxy) is 5. The fourth-order valence-corrected chi connectivity index (χ4v) is 5.33. The van der Waals surface area contributed by atoms with E-state index < -0.39 is 43.0 Å². The minimum atomic E-state index is -3.55.